The summed E-state index contributed by atoms with van der Waals surface area (Å²) < 4.78 is 24.8. The van der Waals surface area contributed by atoms with Crippen molar-refractivity contribution in [3.63, 3.8) is 0 Å². The Kier molecular flexibility index (Phi) is 8.77. The summed E-state index contributed by atoms with van der Waals surface area (Å²) in [5, 5.41) is 0.613. The minimum atomic E-state index is -1.48. The summed E-state index contributed by atoms with van der Waals surface area (Å²) >= 11 is 6.32. The van der Waals surface area contributed by atoms with Crippen molar-refractivity contribution in [2.75, 3.05) is 6.61 Å². The molecule has 0 aliphatic heterocycles. The lowest BCUT2D eigenvalue weighted by Gasteiger charge is -2.29. The number of hydrogen-bond donors (Lipinski definition) is 0. The maximum absolute atomic E-state index is 13.9. The Morgan fingerprint density at radius 1 is 1.06 bits per heavy atom. The number of unbranched alkanes of at least 4 members (excludes halogenated alkanes) is 1. The average molecular weight is 447 g/mol. The molecule has 31 heavy (non-hydrogen) atoms. The van der Waals surface area contributed by atoms with Crippen LogP contribution in [-0.4, -0.2) is 24.9 Å². The molecule has 1 saturated carbocycles. The zero-order chi connectivity index (χ0) is 22.2. The van der Waals surface area contributed by atoms with Crippen molar-refractivity contribution in [2.24, 2.45) is 0 Å². The van der Waals surface area contributed by atoms with E-state index in [1.807, 2.05) is 32.0 Å². The number of carbonyl (C=O) groups is 1. The van der Waals surface area contributed by atoms with E-state index >= 15 is 0 Å². The van der Waals surface area contributed by atoms with Crippen molar-refractivity contribution in [1.82, 2.24) is 0 Å². The molecule has 0 aromatic heterocycles. The summed E-state index contributed by atoms with van der Waals surface area (Å²) in [5.74, 6) is 0.455. The second kappa shape index (κ2) is 11.5. The number of ether oxygens (including phenoxy) is 2. The molecule has 3 nitrogen and oxygen atoms in total. The molecule has 0 heterocycles. The third-order valence-corrected chi connectivity index (χ3v) is 6.27. The van der Waals surface area contributed by atoms with Gasteiger partial charge in [0.15, 0.2) is 6.17 Å². The Morgan fingerprint density at radius 2 is 1.74 bits per heavy atom. The predicted octanol–water partition coefficient (Wildman–Crippen LogP) is 7.50. The summed E-state index contributed by atoms with van der Waals surface area (Å²) in [5.41, 5.74) is 3.45. The first-order valence-corrected chi connectivity index (χ1v) is 11.8. The minimum absolute atomic E-state index is 0.158. The average Bonchev–Trinajstić information content (AvgIpc) is 2.79. The van der Waals surface area contributed by atoms with Gasteiger partial charge in [-0.1, -0.05) is 61.7 Å². The second-order valence-corrected chi connectivity index (χ2v) is 8.63. The molecule has 0 amide bonds. The minimum Gasteiger partial charge on any atom is -0.492 e. The van der Waals surface area contributed by atoms with Crippen LogP contribution in [0.1, 0.15) is 70.3 Å². The molecule has 0 N–H and O–H groups in total. The van der Waals surface area contributed by atoms with Crippen LogP contribution >= 0.6 is 11.6 Å². The molecule has 0 unspecified atom stereocenters. The van der Waals surface area contributed by atoms with E-state index in [2.05, 4.69) is 24.3 Å². The smallest absolute Gasteiger partial charge is 0.340 e. The maximum Gasteiger partial charge on any atom is 0.340 e. The van der Waals surface area contributed by atoms with E-state index in [0.717, 1.165) is 43.2 Å². The van der Waals surface area contributed by atoms with Crippen LogP contribution in [0.3, 0.4) is 0 Å². The number of hydrogen-bond acceptors (Lipinski definition) is 3. The largest absolute Gasteiger partial charge is 0.492 e. The molecule has 0 saturated heterocycles. The van der Waals surface area contributed by atoms with E-state index in [1.165, 1.54) is 5.56 Å². The van der Waals surface area contributed by atoms with Gasteiger partial charge in [0.1, 0.15) is 11.9 Å². The first kappa shape index (κ1) is 23.6. The number of rotatable bonds is 9. The van der Waals surface area contributed by atoms with Crippen LogP contribution in [0.25, 0.3) is 11.1 Å². The normalized spacial score (nSPS) is 19.6. The standard InChI is InChI=1S/C26H32ClFO3/c1-3-5-6-24(28)26(29)31-22-14-11-19(12-15-22)18-7-9-20(10-8-18)21-13-16-25(30-4-2)23(27)17-21/h7-10,13,16-17,19,22,24H,3-6,11-12,14-15H2,1-2H3/t19?,22?,24-/m0/s1. The topological polar surface area (TPSA) is 35.5 Å². The van der Waals surface area contributed by atoms with E-state index in [4.69, 9.17) is 21.1 Å². The summed E-state index contributed by atoms with van der Waals surface area (Å²) in [6.07, 6.45) is 3.66. The summed E-state index contributed by atoms with van der Waals surface area (Å²) in [4.78, 5) is 11.9. The van der Waals surface area contributed by atoms with Crippen LogP contribution in [0.5, 0.6) is 5.75 Å². The van der Waals surface area contributed by atoms with E-state index in [-0.39, 0.29) is 12.5 Å². The molecule has 1 fully saturated rings. The van der Waals surface area contributed by atoms with Gasteiger partial charge in [0.25, 0.3) is 0 Å². The van der Waals surface area contributed by atoms with Crippen molar-refractivity contribution < 1.29 is 18.7 Å². The third-order valence-electron chi connectivity index (χ3n) is 5.97. The quantitative estimate of drug-likeness (QED) is 0.374. The van der Waals surface area contributed by atoms with Gasteiger partial charge in [-0.05, 0) is 73.8 Å². The molecule has 1 aliphatic carbocycles. The van der Waals surface area contributed by atoms with Crippen LogP contribution in [0, 0.1) is 0 Å². The van der Waals surface area contributed by atoms with Crippen LogP contribution < -0.4 is 4.74 Å². The molecular formula is C26H32ClFO3. The van der Waals surface area contributed by atoms with Gasteiger partial charge >= 0.3 is 5.97 Å². The number of esters is 1. The monoisotopic (exact) mass is 446 g/mol. The first-order chi connectivity index (χ1) is 15.0. The molecule has 1 atom stereocenters. The second-order valence-electron chi connectivity index (χ2n) is 8.22. The Bertz CT molecular complexity index is 844. The molecule has 2 aromatic rings. The highest BCUT2D eigenvalue weighted by molar-refractivity contribution is 6.32. The Morgan fingerprint density at radius 3 is 2.35 bits per heavy atom. The fraction of sp³-hybridized carbons (Fsp3) is 0.500. The maximum atomic E-state index is 13.9. The predicted molar refractivity (Wildman–Crippen MR) is 124 cm³/mol. The molecule has 0 spiro atoms. The highest BCUT2D eigenvalue weighted by Crippen LogP contribution is 2.36. The SMILES string of the molecule is CCCC[C@H](F)C(=O)OC1CCC(c2ccc(-c3ccc(OCC)c(Cl)c3)cc2)CC1. The van der Waals surface area contributed by atoms with Gasteiger partial charge < -0.3 is 9.47 Å². The molecule has 2 aromatic carbocycles. The Labute approximate surface area is 189 Å². The molecule has 0 radical (unpaired) electrons. The number of halogens is 2. The highest BCUT2D eigenvalue weighted by Gasteiger charge is 2.27. The fourth-order valence-electron chi connectivity index (χ4n) is 4.15. The Balaban J connectivity index is 1.53. The van der Waals surface area contributed by atoms with Crippen molar-refractivity contribution in [3.05, 3.63) is 53.1 Å². The van der Waals surface area contributed by atoms with Gasteiger partial charge in [0, 0.05) is 0 Å². The molecule has 168 valence electrons. The highest BCUT2D eigenvalue weighted by atomic mass is 35.5. The molecule has 3 rings (SSSR count). The van der Waals surface area contributed by atoms with Gasteiger partial charge in [-0.2, -0.15) is 0 Å². The zero-order valence-corrected chi connectivity index (χ0v) is 19.2. The van der Waals surface area contributed by atoms with Crippen molar-refractivity contribution in [3.8, 4) is 16.9 Å². The number of carbonyl (C=O) groups excluding carboxylic acids is 1. The van der Waals surface area contributed by atoms with E-state index in [1.54, 1.807) is 0 Å². The summed E-state index contributed by atoms with van der Waals surface area (Å²) in [7, 11) is 0. The van der Waals surface area contributed by atoms with E-state index in [9.17, 15) is 9.18 Å². The van der Waals surface area contributed by atoms with Gasteiger partial charge in [0.2, 0.25) is 0 Å². The van der Waals surface area contributed by atoms with Gasteiger partial charge in [-0.25, -0.2) is 9.18 Å². The van der Waals surface area contributed by atoms with Crippen LogP contribution in [0.15, 0.2) is 42.5 Å². The van der Waals surface area contributed by atoms with Crippen LogP contribution in [-0.2, 0) is 9.53 Å². The van der Waals surface area contributed by atoms with E-state index in [0.29, 0.717) is 29.7 Å². The van der Waals surface area contributed by atoms with Crippen molar-refractivity contribution in [2.45, 2.75) is 77.0 Å². The molecule has 0 bridgehead atoms. The van der Waals surface area contributed by atoms with Gasteiger partial charge in [0.05, 0.1) is 11.6 Å². The molecule has 5 heteroatoms. The Hall–Kier alpha value is -2.07. The third kappa shape index (κ3) is 6.46. The van der Waals surface area contributed by atoms with Crippen molar-refractivity contribution >= 4 is 17.6 Å². The molecular weight excluding hydrogens is 415 g/mol. The fourth-order valence-corrected chi connectivity index (χ4v) is 4.39. The van der Waals surface area contributed by atoms with Crippen molar-refractivity contribution in [1.29, 1.82) is 0 Å². The lowest BCUT2D eigenvalue weighted by molar-refractivity contribution is -0.157. The summed E-state index contributed by atoms with van der Waals surface area (Å²) in [6, 6.07) is 14.4. The van der Waals surface area contributed by atoms with Crippen LogP contribution in [0.2, 0.25) is 5.02 Å². The zero-order valence-electron chi connectivity index (χ0n) is 18.4. The lowest BCUT2D eigenvalue weighted by atomic mass is 9.82. The van der Waals surface area contributed by atoms with Crippen LogP contribution in [0.4, 0.5) is 4.39 Å². The summed E-state index contributed by atoms with van der Waals surface area (Å²) in [6.45, 7) is 4.51. The van der Waals surface area contributed by atoms with Gasteiger partial charge in [-0.3, -0.25) is 0 Å². The first-order valence-electron chi connectivity index (χ1n) is 11.4. The number of alkyl halides is 1. The lowest BCUT2D eigenvalue weighted by Crippen LogP contribution is -2.28. The molecule has 1 aliphatic rings. The van der Waals surface area contributed by atoms with E-state index < -0.39 is 12.1 Å². The van der Waals surface area contributed by atoms with Gasteiger partial charge in [-0.15, -0.1) is 0 Å². The number of benzene rings is 2.